The van der Waals surface area contributed by atoms with E-state index in [0.29, 0.717) is 22.4 Å². The largest absolute Gasteiger partial charge is 0.508 e. The van der Waals surface area contributed by atoms with Gasteiger partial charge in [0.2, 0.25) is 0 Å². The van der Waals surface area contributed by atoms with Gasteiger partial charge in [-0.05, 0) is 55.5 Å². The van der Waals surface area contributed by atoms with E-state index in [-0.39, 0.29) is 23.2 Å². The van der Waals surface area contributed by atoms with Crippen LogP contribution in [0.3, 0.4) is 0 Å². The molecule has 25 heavy (non-hydrogen) atoms. The minimum absolute atomic E-state index is 0.0869. The lowest BCUT2D eigenvalue weighted by molar-refractivity contribution is 0.104. The summed E-state index contributed by atoms with van der Waals surface area (Å²) in [4.78, 5) is 12.3. The van der Waals surface area contributed by atoms with Crippen molar-refractivity contribution in [3.05, 3.63) is 71.3 Å². The standard InChI is InChI=1S/C21H22O4/c1-13(2)14(3)20-19(24)12-8-16(21(20)25-4)7-11-18(23)15-5-9-17(22)10-6-15/h5-12,14,22,24H,1H2,2-4H3/b11-7+. The van der Waals surface area contributed by atoms with Crippen LogP contribution in [0.15, 0.2) is 54.6 Å². The molecular formula is C21H22O4. The minimum atomic E-state index is -0.190. The molecule has 0 spiro atoms. The second-order valence-corrected chi connectivity index (χ2v) is 5.93. The van der Waals surface area contributed by atoms with Crippen LogP contribution in [0.4, 0.5) is 0 Å². The van der Waals surface area contributed by atoms with Crippen LogP contribution >= 0.6 is 0 Å². The number of carbonyl (C=O) groups excluding carboxylic acids is 1. The first-order valence-corrected chi connectivity index (χ1v) is 7.91. The number of methoxy groups -OCH3 is 1. The van der Waals surface area contributed by atoms with Crippen LogP contribution in [-0.4, -0.2) is 23.1 Å². The molecule has 2 aromatic carbocycles. The van der Waals surface area contributed by atoms with Crippen molar-refractivity contribution in [1.82, 2.24) is 0 Å². The number of hydrogen-bond donors (Lipinski definition) is 2. The summed E-state index contributed by atoms with van der Waals surface area (Å²) < 4.78 is 5.49. The molecule has 2 rings (SSSR count). The SMILES string of the molecule is C=C(C)C(C)c1c(O)ccc(/C=C/C(=O)c2ccc(O)cc2)c1OC. The highest BCUT2D eigenvalue weighted by Gasteiger charge is 2.19. The molecule has 2 aromatic rings. The van der Waals surface area contributed by atoms with E-state index in [2.05, 4.69) is 6.58 Å². The molecule has 0 saturated carbocycles. The number of ketones is 1. The van der Waals surface area contributed by atoms with Gasteiger partial charge in [-0.1, -0.05) is 19.1 Å². The highest BCUT2D eigenvalue weighted by atomic mass is 16.5. The first-order chi connectivity index (χ1) is 11.8. The van der Waals surface area contributed by atoms with Crippen molar-refractivity contribution in [2.75, 3.05) is 7.11 Å². The molecule has 4 nitrogen and oxygen atoms in total. The molecule has 130 valence electrons. The molecule has 4 heteroatoms. The number of phenolic OH excluding ortho intramolecular Hbond substituents is 2. The van der Waals surface area contributed by atoms with E-state index in [1.807, 2.05) is 13.8 Å². The molecule has 0 aliphatic rings. The fourth-order valence-electron chi connectivity index (χ4n) is 2.52. The molecule has 0 heterocycles. The van der Waals surface area contributed by atoms with Gasteiger partial charge in [0.25, 0.3) is 0 Å². The quantitative estimate of drug-likeness (QED) is 0.456. The second-order valence-electron chi connectivity index (χ2n) is 5.93. The Morgan fingerprint density at radius 1 is 1.16 bits per heavy atom. The smallest absolute Gasteiger partial charge is 0.185 e. The Morgan fingerprint density at radius 2 is 1.80 bits per heavy atom. The lowest BCUT2D eigenvalue weighted by Gasteiger charge is -2.19. The Bertz CT molecular complexity index is 817. The number of ether oxygens (including phenoxy) is 1. The lowest BCUT2D eigenvalue weighted by Crippen LogP contribution is -2.01. The molecule has 1 unspecified atom stereocenters. The van der Waals surface area contributed by atoms with Crippen LogP contribution < -0.4 is 4.74 Å². The van der Waals surface area contributed by atoms with Gasteiger partial charge in [-0.25, -0.2) is 0 Å². The van der Waals surface area contributed by atoms with Crippen LogP contribution in [0, 0.1) is 0 Å². The highest BCUT2D eigenvalue weighted by Crippen LogP contribution is 2.40. The summed E-state index contributed by atoms with van der Waals surface area (Å²) >= 11 is 0. The predicted octanol–water partition coefficient (Wildman–Crippen LogP) is 4.68. The van der Waals surface area contributed by atoms with Crippen LogP contribution in [0.1, 0.15) is 41.3 Å². The molecule has 0 amide bonds. The summed E-state index contributed by atoms with van der Waals surface area (Å²) in [7, 11) is 1.53. The van der Waals surface area contributed by atoms with Gasteiger partial charge in [-0.15, -0.1) is 0 Å². The van der Waals surface area contributed by atoms with Crippen molar-refractivity contribution in [3.63, 3.8) is 0 Å². The lowest BCUT2D eigenvalue weighted by atomic mass is 9.91. The van der Waals surface area contributed by atoms with Gasteiger partial charge < -0.3 is 14.9 Å². The van der Waals surface area contributed by atoms with Crippen molar-refractivity contribution < 1.29 is 19.7 Å². The molecule has 0 radical (unpaired) electrons. The summed E-state index contributed by atoms with van der Waals surface area (Å²) in [5.74, 6) is 0.486. The monoisotopic (exact) mass is 338 g/mol. The molecular weight excluding hydrogens is 316 g/mol. The molecule has 2 N–H and O–H groups in total. The first kappa shape index (κ1) is 18.3. The van der Waals surface area contributed by atoms with Crippen LogP contribution in [-0.2, 0) is 0 Å². The molecule has 0 aliphatic carbocycles. The first-order valence-electron chi connectivity index (χ1n) is 7.91. The minimum Gasteiger partial charge on any atom is -0.508 e. The van der Waals surface area contributed by atoms with E-state index in [4.69, 9.17) is 4.74 Å². The Hall–Kier alpha value is -3.01. The number of phenols is 2. The summed E-state index contributed by atoms with van der Waals surface area (Å²) in [6.07, 6.45) is 3.10. The van der Waals surface area contributed by atoms with Crippen LogP contribution in [0.5, 0.6) is 17.2 Å². The summed E-state index contributed by atoms with van der Waals surface area (Å²) in [5.41, 5.74) is 2.71. The molecule has 0 aliphatic heterocycles. The Labute approximate surface area is 147 Å². The molecule has 0 bridgehead atoms. The zero-order valence-electron chi connectivity index (χ0n) is 14.6. The maximum absolute atomic E-state index is 12.3. The van der Waals surface area contributed by atoms with E-state index < -0.39 is 0 Å². The Morgan fingerprint density at radius 3 is 2.36 bits per heavy atom. The summed E-state index contributed by atoms with van der Waals surface area (Å²) in [6, 6.07) is 9.34. The maximum atomic E-state index is 12.3. The Balaban J connectivity index is 2.39. The fraction of sp³-hybridized carbons (Fsp3) is 0.190. The number of rotatable bonds is 6. The highest BCUT2D eigenvalue weighted by molar-refractivity contribution is 6.07. The van der Waals surface area contributed by atoms with Crippen LogP contribution in [0.25, 0.3) is 6.08 Å². The van der Waals surface area contributed by atoms with E-state index in [9.17, 15) is 15.0 Å². The second kappa shape index (κ2) is 7.71. The molecule has 1 atom stereocenters. The van der Waals surface area contributed by atoms with Gasteiger partial charge in [0, 0.05) is 22.6 Å². The molecule has 0 fully saturated rings. The summed E-state index contributed by atoms with van der Waals surface area (Å²) in [5, 5.41) is 19.5. The third-order valence-corrected chi connectivity index (χ3v) is 4.15. The van der Waals surface area contributed by atoms with Gasteiger partial charge in [-0.2, -0.15) is 0 Å². The zero-order chi connectivity index (χ0) is 18.6. The van der Waals surface area contributed by atoms with Gasteiger partial charge in [0.15, 0.2) is 5.78 Å². The molecule has 0 saturated heterocycles. The number of aromatic hydroxyl groups is 2. The third kappa shape index (κ3) is 4.10. The number of benzene rings is 2. The van der Waals surface area contributed by atoms with E-state index >= 15 is 0 Å². The molecule has 0 aromatic heterocycles. The van der Waals surface area contributed by atoms with Crippen molar-refractivity contribution in [1.29, 1.82) is 0 Å². The zero-order valence-corrected chi connectivity index (χ0v) is 14.6. The van der Waals surface area contributed by atoms with E-state index in [0.717, 1.165) is 5.57 Å². The normalized spacial score (nSPS) is 12.1. The predicted molar refractivity (Wildman–Crippen MR) is 99.4 cm³/mol. The Kier molecular flexibility index (Phi) is 5.65. The number of allylic oxidation sites excluding steroid dienone is 2. The van der Waals surface area contributed by atoms with Gasteiger partial charge in [0.05, 0.1) is 7.11 Å². The van der Waals surface area contributed by atoms with E-state index in [1.54, 1.807) is 30.3 Å². The van der Waals surface area contributed by atoms with Crippen molar-refractivity contribution in [3.8, 4) is 17.2 Å². The third-order valence-electron chi connectivity index (χ3n) is 4.15. The van der Waals surface area contributed by atoms with Crippen molar-refractivity contribution in [2.24, 2.45) is 0 Å². The number of hydrogen-bond acceptors (Lipinski definition) is 4. The van der Waals surface area contributed by atoms with Crippen LogP contribution in [0.2, 0.25) is 0 Å². The number of carbonyl (C=O) groups is 1. The van der Waals surface area contributed by atoms with Crippen molar-refractivity contribution >= 4 is 11.9 Å². The average molecular weight is 338 g/mol. The maximum Gasteiger partial charge on any atom is 0.185 e. The average Bonchev–Trinajstić information content (AvgIpc) is 2.59. The van der Waals surface area contributed by atoms with E-state index in [1.165, 1.54) is 25.3 Å². The fourth-order valence-corrected chi connectivity index (χ4v) is 2.52. The topological polar surface area (TPSA) is 66.8 Å². The van der Waals surface area contributed by atoms with Gasteiger partial charge >= 0.3 is 0 Å². The van der Waals surface area contributed by atoms with Gasteiger partial charge in [0.1, 0.15) is 17.2 Å². The van der Waals surface area contributed by atoms with Gasteiger partial charge in [-0.3, -0.25) is 4.79 Å². The van der Waals surface area contributed by atoms with Crippen molar-refractivity contribution in [2.45, 2.75) is 19.8 Å². The summed E-state index contributed by atoms with van der Waals surface area (Å²) in [6.45, 7) is 7.77.